The first kappa shape index (κ1) is 14.3. The third-order valence-corrected chi connectivity index (χ3v) is 3.17. The largest absolute Gasteiger partial charge is 0.395 e. The molecule has 0 aromatic carbocycles. The summed E-state index contributed by atoms with van der Waals surface area (Å²) in [6, 6.07) is 3.83. The molecule has 108 valence electrons. The van der Waals surface area contributed by atoms with E-state index in [-0.39, 0.29) is 12.6 Å². The molecule has 0 saturated heterocycles. The van der Waals surface area contributed by atoms with E-state index >= 15 is 0 Å². The number of nitrogens with zero attached hydrogens (tertiary/aromatic N) is 3. The van der Waals surface area contributed by atoms with E-state index in [9.17, 15) is 4.79 Å². The van der Waals surface area contributed by atoms with Crippen LogP contribution >= 0.6 is 0 Å². The van der Waals surface area contributed by atoms with Gasteiger partial charge in [-0.25, -0.2) is 9.78 Å². The van der Waals surface area contributed by atoms with E-state index in [1.54, 1.807) is 7.05 Å². The Morgan fingerprint density at radius 1 is 1.55 bits per heavy atom. The summed E-state index contributed by atoms with van der Waals surface area (Å²) in [5, 5.41) is 11.6. The van der Waals surface area contributed by atoms with Gasteiger partial charge in [-0.1, -0.05) is 6.07 Å². The zero-order valence-electron chi connectivity index (χ0n) is 11.8. The van der Waals surface area contributed by atoms with Crippen molar-refractivity contribution in [3.63, 3.8) is 0 Å². The zero-order valence-corrected chi connectivity index (χ0v) is 11.8. The van der Waals surface area contributed by atoms with Gasteiger partial charge in [-0.15, -0.1) is 0 Å². The van der Waals surface area contributed by atoms with Crippen LogP contribution in [0.5, 0.6) is 0 Å². The molecule has 0 aliphatic rings. The number of aryl methyl sites for hydroxylation is 1. The Kier molecular flexibility index (Phi) is 4.57. The number of carbonyl (C=O) groups is 1. The Hall–Kier alpha value is -2.08. The summed E-state index contributed by atoms with van der Waals surface area (Å²) in [7, 11) is 1.65. The topological polar surface area (TPSA) is 69.9 Å². The van der Waals surface area contributed by atoms with E-state index in [1.165, 1.54) is 4.90 Å². The Balaban J connectivity index is 1.90. The summed E-state index contributed by atoms with van der Waals surface area (Å²) in [5.74, 6) is 0. The van der Waals surface area contributed by atoms with Gasteiger partial charge in [0.25, 0.3) is 0 Å². The lowest BCUT2D eigenvalue weighted by atomic mass is 10.3. The number of carbonyl (C=O) groups excluding carboxylic acids is 1. The van der Waals surface area contributed by atoms with Crippen LogP contribution in [0.1, 0.15) is 11.3 Å². The number of nitrogens with one attached hydrogen (secondary N) is 1. The highest BCUT2D eigenvalue weighted by molar-refractivity contribution is 5.73. The van der Waals surface area contributed by atoms with Crippen LogP contribution in [-0.2, 0) is 6.42 Å². The summed E-state index contributed by atoms with van der Waals surface area (Å²) >= 11 is 0. The second-order valence-electron chi connectivity index (χ2n) is 4.78. The lowest BCUT2D eigenvalue weighted by Gasteiger charge is -2.16. The molecule has 0 radical (unpaired) electrons. The minimum Gasteiger partial charge on any atom is -0.395 e. The number of amides is 2. The van der Waals surface area contributed by atoms with Gasteiger partial charge >= 0.3 is 6.03 Å². The van der Waals surface area contributed by atoms with Gasteiger partial charge in [0.1, 0.15) is 5.65 Å². The smallest absolute Gasteiger partial charge is 0.317 e. The third kappa shape index (κ3) is 3.27. The van der Waals surface area contributed by atoms with Gasteiger partial charge in [-0.2, -0.15) is 0 Å². The molecule has 20 heavy (non-hydrogen) atoms. The fourth-order valence-electron chi connectivity index (χ4n) is 2.01. The average molecular weight is 276 g/mol. The number of rotatable bonds is 5. The fraction of sp³-hybridized carbons (Fsp3) is 0.429. The standard InChI is InChI=1S/C14H20N4O2/c1-11-4-3-7-18-10-12(16-13(11)18)5-6-15-14(20)17(2)8-9-19/h3-4,7,10,19H,5-6,8-9H2,1-2H3,(H,15,20). The van der Waals surface area contributed by atoms with Crippen molar-refractivity contribution in [3.8, 4) is 0 Å². The van der Waals surface area contributed by atoms with Crippen molar-refractivity contribution in [3.05, 3.63) is 35.8 Å². The van der Waals surface area contributed by atoms with Gasteiger partial charge in [0.2, 0.25) is 0 Å². The van der Waals surface area contributed by atoms with Crippen molar-refractivity contribution in [2.75, 3.05) is 26.7 Å². The van der Waals surface area contributed by atoms with Crippen LogP contribution in [-0.4, -0.2) is 52.2 Å². The molecule has 0 spiro atoms. The molecule has 2 aromatic heterocycles. The summed E-state index contributed by atoms with van der Waals surface area (Å²) in [6.45, 7) is 2.85. The second kappa shape index (κ2) is 6.38. The Labute approximate surface area is 118 Å². The number of hydrogen-bond acceptors (Lipinski definition) is 3. The van der Waals surface area contributed by atoms with Gasteiger partial charge in [-0.3, -0.25) is 0 Å². The predicted octanol–water partition coefficient (Wildman–Crippen LogP) is 0.819. The molecule has 2 N–H and O–H groups in total. The number of fused-ring (bicyclic) bond motifs is 1. The molecule has 2 heterocycles. The van der Waals surface area contributed by atoms with Gasteiger partial charge in [-0.05, 0) is 18.6 Å². The lowest BCUT2D eigenvalue weighted by molar-refractivity contribution is 0.190. The number of imidazole rings is 1. The Morgan fingerprint density at radius 2 is 2.35 bits per heavy atom. The van der Waals surface area contributed by atoms with Crippen LogP contribution in [0, 0.1) is 6.92 Å². The van der Waals surface area contributed by atoms with Crippen LogP contribution in [0.15, 0.2) is 24.5 Å². The second-order valence-corrected chi connectivity index (χ2v) is 4.78. The minimum absolute atomic E-state index is 0.0321. The van der Waals surface area contributed by atoms with Gasteiger partial charge < -0.3 is 19.7 Å². The SMILES string of the molecule is Cc1cccn2cc(CCNC(=O)N(C)CCO)nc12. The quantitative estimate of drug-likeness (QED) is 0.849. The number of aliphatic hydroxyl groups excluding tert-OH is 1. The molecule has 0 bridgehead atoms. The molecule has 6 nitrogen and oxygen atoms in total. The number of pyridine rings is 1. The summed E-state index contributed by atoms with van der Waals surface area (Å²) < 4.78 is 1.99. The first-order valence-corrected chi connectivity index (χ1v) is 6.65. The molecule has 0 unspecified atom stereocenters. The van der Waals surface area contributed by atoms with E-state index in [4.69, 9.17) is 5.11 Å². The van der Waals surface area contributed by atoms with Crippen molar-refractivity contribution in [1.29, 1.82) is 0 Å². The first-order chi connectivity index (χ1) is 9.61. The van der Waals surface area contributed by atoms with Crippen molar-refractivity contribution >= 4 is 11.7 Å². The highest BCUT2D eigenvalue weighted by atomic mass is 16.3. The maximum atomic E-state index is 11.6. The predicted molar refractivity (Wildman–Crippen MR) is 76.7 cm³/mol. The maximum absolute atomic E-state index is 11.6. The number of aromatic nitrogens is 2. The van der Waals surface area contributed by atoms with Crippen molar-refractivity contribution in [2.45, 2.75) is 13.3 Å². The normalized spacial score (nSPS) is 10.8. The van der Waals surface area contributed by atoms with Crippen LogP contribution in [0.25, 0.3) is 5.65 Å². The third-order valence-electron chi connectivity index (χ3n) is 3.17. The molecule has 2 rings (SSSR count). The number of aliphatic hydroxyl groups is 1. The number of hydrogen-bond donors (Lipinski definition) is 2. The molecule has 2 aromatic rings. The number of likely N-dealkylation sites (N-methyl/N-ethyl adjacent to an activating group) is 1. The minimum atomic E-state index is -0.181. The average Bonchev–Trinajstić information content (AvgIpc) is 2.83. The monoisotopic (exact) mass is 276 g/mol. The molecule has 0 saturated carbocycles. The summed E-state index contributed by atoms with van der Waals surface area (Å²) in [4.78, 5) is 17.6. The van der Waals surface area contributed by atoms with Crippen LogP contribution in [0.3, 0.4) is 0 Å². The molecule has 0 aliphatic carbocycles. The molecular formula is C14H20N4O2. The Morgan fingerprint density at radius 3 is 3.05 bits per heavy atom. The van der Waals surface area contributed by atoms with Crippen LogP contribution < -0.4 is 5.32 Å². The van der Waals surface area contributed by atoms with Gasteiger partial charge in [0.15, 0.2) is 0 Å². The van der Waals surface area contributed by atoms with E-state index in [0.29, 0.717) is 19.5 Å². The van der Waals surface area contributed by atoms with E-state index < -0.39 is 0 Å². The van der Waals surface area contributed by atoms with Crippen molar-refractivity contribution in [2.24, 2.45) is 0 Å². The molecule has 6 heteroatoms. The first-order valence-electron chi connectivity index (χ1n) is 6.65. The van der Waals surface area contributed by atoms with E-state index in [2.05, 4.69) is 10.3 Å². The van der Waals surface area contributed by atoms with Gasteiger partial charge in [0.05, 0.1) is 12.3 Å². The maximum Gasteiger partial charge on any atom is 0.317 e. The lowest BCUT2D eigenvalue weighted by Crippen LogP contribution is -2.39. The van der Waals surface area contributed by atoms with Crippen LogP contribution in [0.4, 0.5) is 4.79 Å². The highest BCUT2D eigenvalue weighted by Gasteiger charge is 2.08. The van der Waals surface area contributed by atoms with E-state index in [1.807, 2.05) is 35.9 Å². The highest BCUT2D eigenvalue weighted by Crippen LogP contribution is 2.09. The van der Waals surface area contributed by atoms with Crippen LogP contribution in [0.2, 0.25) is 0 Å². The molecule has 0 atom stereocenters. The fourth-order valence-corrected chi connectivity index (χ4v) is 2.01. The van der Waals surface area contributed by atoms with Crippen molar-refractivity contribution < 1.29 is 9.90 Å². The summed E-state index contributed by atoms with van der Waals surface area (Å²) in [5.41, 5.74) is 3.03. The molecule has 0 fully saturated rings. The number of urea groups is 1. The van der Waals surface area contributed by atoms with Crippen molar-refractivity contribution in [1.82, 2.24) is 19.6 Å². The Bertz CT molecular complexity index is 594. The summed E-state index contributed by atoms with van der Waals surface area (Å²) in [6.07, 6.45) is 4.62. The molecule has 2 amide bonds. The molecule has 0 aliphatic heterocycles. The zero-order chi connectivity index (χ0) is 14.5. The van der Waals surface area contributed by atoms with E-state index in [0.717, 1.165) is 16.9 Å². The van der Waals surface area contributed by atoms with Gasteiger partial charge in [0, 0.05) is 39.0 Å². The molecular weight excluding hydrogens is 256 g/mol.